The number of imidazole rings is 1. The molecule has 1 fully saturated rings. The summed E-state index contributed by atoms with van der Waals surface area (Å²) < 4.78 is 9.24. The molecule has 2 N–H and O–H groups in total. The number of hydrogen-bond acceptors (Lipinski definition) is 7. The van der Waals surface area contributed by atoms with Crippen LogP contribution in [0.4, 0.5) is 5.95 Å². The van der Waals surface area contributed by atoms with Crippen LogP contribution in [0.2, 0.25) is 0 Å². The molecule has 1 aromatic carbocycles. The highest BCUT2D eigenvalue weighted by Gasteiger charge is 2.24. The van der Waals surface area contributed by atoms with Gasteiger partial charge in [0.15, 0.2) is 0 Å². The Morgan fingerprint density at radius 3 is 3.00 bits per heavy atom. The van der Waals surface area contributed by atoms with Gasteiger partial charge in [0.05, 0.1) is 12.7 Å². The van der Waals surface area contributed by atoms with E-state index in [1.54, 1.807) is 6.20 Å². The van der Waals surface area contributed by atoms with E-state index in [4.69, 9.17) is 15.5 Å². The van der Waals surface area contributed by atoms with Crippen LogP contribution in [0.3, 0.4) is 0 Å². The van der Waals surface area contributed by atoms with Gasteiger partial charge in [-0.1, -0.05) is 18.2 Å². The maximum absolute atomic E-state index is 13.3. The van der Waals surface area contributed by atoms with Gasteiger partial charge in [0.1, 0.15) is 23.3 Å². The van der Waals surface area contributed by atoms with Crippen LogP contribution < -0.4 is 20.9 Å². The van der Waals surface area contributed by atoms with E-state index in [1.165, 1.54) is 4.68 Å². The van der Waals surface area contributed by atoms with E-state index in [0.717, 1.165) is 43.2 Å². The number of aryl methyl sites for hydroxylation is 1. The highest BCUT2D eigenvalue weighted by atomic mass is 16.5. The number of fused-ring (bicyclic) bond motifs is 2. The Morgan fingerprint density at radius 2 is 2.17 bits per heavy atom. The van der Waals surface area contributed by atoms with E-state index < -0.39 is 0 Å². The normalized spacial score (nSPS) is 18.8. The molecule has 9 heteroatoms. The zero-order valence-electron chi connectivity index (χ0n) is 17.0. The molecule has 0 aliphatic carbocycles. The summed E-state index contributed by atoms with van der Waals surface area (Å²) in [5.41, 5.74) is 8.15. The van der Waals surface area contributed by atoms with Crippen molar-refractivity contribution in [2.45, 2.75) is 45.4 Å². The molecule has 2 aromatic heterocycles. The molecule has 30 heavy (non-hydrogen) atoms. The Bertz CT molecular complexity index is 1180. The van der Waals surface area contributed by atoms with Gasteiger partial charge in [-0.15, -0.1) is 0 Å². The molecule has 3 aromatic rings. The number of nitrogens with zero attached hydrogens (tertiary/aromatic N) is 6. The number of nitrogens with two attached hydrogens (primary N) is 1. The molecule has 9 nitrogen and oxygen atoms in total. The van der Waals surface area contributed by atoms with Crippen LogP contribution in [0.1, 0.15) is 25.3 Å². The van der Waals surface area contributed by atoms with Crippen LogP contribution in [-0.2, 0) is 19.6 Å². The van der Waals surface area contributed by atoms with Crippen molar-refractivity contribution in [2.75, 3.05) is 18.0 Å². The summed E-state index contributed by atoms with van der Waals surface area (Å²) in [6.45, 7) is 5.01. The lowest BCUT2D eigenvalue weighted by Gasteiger charge is -2.31. The van der Waals surface area contributed by atoms with Crippen molar-refractivity contribution in [3.8, 4) is 5.75 Å². The third kappa shape index (κ3) is 3.24. The van der Waals surface area contributed by atoms with Gasteiger partial charge in [-0.25, -0.2) is 14.7 Å². The SMILES string of the molecule is CCn1c(N2CCCC(N)C2)nc2cnn(CC3=NCc4ccccc4O3)c(=O)c21. The minimum atomic E-state index is -0.195. The summed E-state index contributed by atoms with van der Waals surface area (Å²) in [6, 6.07) is 7.90. The molecule has 0 bridgehead atoms. The second kappa shape index (κ2) is 7.56. The maximum atomic E-state index is 13.3. The number of para-hydroxylation sites is 1. The van der Waals surface area contributed by atoms with Crippen molar-refractivity contribution >= 4 is 22.9 Å². The minimum Gasteiger partial charge on any atom is -0.441 e. The Hall–Kier alpha value is -3.20. The first-order valence-corrected chi connectivity index (χ1v) is 10.4. The number of aromatic nitrogens is 4. The number of piperidine rings is 1. The second-order valence-corrected chi connectivity index (χ2v) is 7.77. The van der Waals surface area contributed by atoms with Crippen LogP contribution in [0.15, 0.2) is 40.2 Å². The first-order chi connectivity index (χ1) is 14.6. The van der Waals surface area contributed by atoms with Crippen molar-refractivity contribution < 1.29 is 4.74 Å². The quantitative estimate of drug-likeness (QED) is 0.704. The van der Waals surface area contributed by atoms with Crippen molar-refractivity contribution in [2.24, 2.45) is 10.7 Å². The lowest BCUT2D eigenvalue weighted by Crippen LogP contribution is -2.44. The number of anilines is 1. The fourth-order valence-electron chi connectivity index (χ4n) is 4.20. The summed E-state index contributed by atoms with van der Waals surface area (Å²) in [4.78, 5) is 24.6. The molecule has 156 valence electrons. The number of benzene rings is 1. The number of rotatable bonds is 4. The molecule has 0 amide bonds. The van der Waals surface area contributed by atoms with Crippen LogP contribution in [0.25, 0.3) is 11.0 Å². The second-order valence-electron chi connectivity index (χ2n) is 7.77. The number of hydrogen-bond donors (Lipinski definition) is 1. The summed E-state index contributed by atoms with van der Waals surface area (Å²) in [5.74, 6) is 2.05. The molecule has 0 spiro atoms. The topological polar surface area (TPSA) is 104 Å². The van der Waals surface area contributed by atoms with Crippen molar-refractivity contribution in [3.63, 3.8) is 0 Å². The first kappa shape index (κ1) is 18.8. The van der Waals surface area contributed by atoms with Gasteiger partial charge in [-0.2, -0.15) is 5.10 Å². The fourth-order valence-corrected chi connectivity index (χ4v) is 4.20. The average molecular weight is 407 g/mol. The van der Waals surface area contributed by atoms with E-state index in [2.05, 4.69) is 15.0 Å². The zero-order valence-corrected chi connectivity index (χ0v) is 17.0. The Morgan fingerprint density at radius 1 is 1.30 bits per heavy atom. The molecule has 4 heterocycles. The van der Waals surface area contributed by atoms with Gasteiger partial charge < -0.3 is 19.9 Å². The third-order valence-corrected chi connectivity index (χ3v) is 5.70. The summed E-state index contributed by atoms with van der Waals surface area (Å²) in [6.07, 6.45) is 3.69. The monoisotopic (exact) mass is 407 g/mol. The van der Waals surface area contributed by atoms with Crippen LogP contribution in [0.5, 0.6) is 5.75 Å². The Balaban J connectivity index is 1.48. The largest absolute Gasteiger partial charge is 0.441 e. The third-order valence-electron chi connectivity index (χ3n) is 5.70. The predicted octanol–water partition coefficient (Wildman–Crippen LogP) is 1.53. The molecule has 1 saturated heterocycles. The standard InChI is InChI=1S/C21H25N7O2/c1-2-27-19-16(25-21(27)26-9-5-7-15(22)12-26)11-24-28(20(19)29)13-18-23-10-14-6-3-4-8-17(14)30-18/h3-4,6,8,11,15H,2,5,7,9-10,12-13,22H2,1H3. The molecular formula is C21H25N7O2. The average Bonchev–Trinajstić information content (AvgIpc) is 3.15. The predicted molar refractivity (Wildman–Crippen MR) is 115 cm³/mol. The smallest absolute Gasteiger partial charge is 0.293 e. The van der Waals surface area contributed by atoms with Crippen molar-refractivity contribution in [1.29, 1.82) is 0 Å². The highest BCUT2D eigenvalue weighted by Crippen LogP contribution is 2.24. The van der Waals surface area contributed by atoms with E-state index in [-0.39, 0.29) is 18.1 Å². The molecule has 2 aliphatic heterocycles. The minimum absolute atomic E-state index is 0.128. The van der Waals surface area contributed by atoms with Crippen molar-refractivity contribution in [1.82, 2.24) is 19.3 Å². The summed E-state index contributed by atoms with van der Waals surface area (Å²) >= 11 is 0. The van der Waals surface area contributed by atoms with Crippen LogP contribution >= 0.6 is 0 Å². The fraction of sp³-hybridized carbons (Fsp3) is 0.429. The van der Waals surface area contributed by atoms with Gasteiger partial charge in [0.25, 0.3) is 5.56 Å². The maximum Gasteiger partial charge on any atom is 0.293 e. The molecule has 0 radical (unpaired) electrons. The van der Waals surface area contributed by atoms with Gasteiger partial charge in [0, 0.05) is 31.2 Å². The number of ether oxygens (including phenoxy) is 1. The van der Waals surface area contributed by atoms with Crippen LogP contribution in [-0.4, -0.2) is 44.4 Å². The van der Waals surface area contributed by atoms with Gasteiger partial charge in [-0.05, 0) is 25.8 Å². The summed E-state index contributed by atoms with van der Waals surface area (Å²) in [5, 5.41) is 4.33. The van der Waals surface area contributed by atoms with Gasteiger partial charge in [-0.3, -0.25) is 4.79 Å². The van der Waals surface area contributed by atoms with E-state index >= 15 is 0 Å². The molecule has 1 atom stereocenters. The zero-order chi connectivity index (χ0) is 20.7. The summed E-state index contributed by atoms with van der Waals surface area (Å²) in [7, 11) is 0. The van der Waals surface area contributed by atoms with E-state index in [0.29, 0.717) is 30.0 Å². The lowest BCUT2D eigenvalue weighted by atomic mass is 10.1. The Kier molecular flexibility index (Phi) is 4.74. The first-order valence-electron chi connectivity index (χ1n) is 10.4. The Labute approximate surface area is 173 Å². The molecule has 5 rings (SSSR count). The molecular weight excluding hydrogens is 382 g/mol. The van der Waals surface area contributed by atoms with Gasteiger partial charge in [0.2, 0.25) is 11.8 Å². The molecule has 0 saturated carbocycles. The lowest BCUT2D eigenvalue weighted by molar-refractivity contribution is 0.482. The van der Waals surface area contributed by atoms with E-state index in [1.807, 2.05) is 35.8 Å². The van der Waals surface area contributed by atoms with Crippen molar-refractivity contribution in [3.05, 3.63) is 46.4 Å². The van der Waals surface area contributed by atoms with Gasteiger partial charge >= 0.3 is 0 Å². The number of aliphatic imine (C=N–C) groups is 1. The molecule has 2 aliphatic rings. The molecule has 1 unspecified atom stereocenters. The highest BCUT2D eigenvalue weighted by molar-refractivity contribution is 5.81. The van der Waals surface area contributed by atoms with E-state index in [9.17, 15) is 4.79 Å². The van der Waals surface area contributed by atoms with Crippen LogP contribution in [0, 0.1) is 0 Å².